The van der Waals surface area contributed by atoms with Gasteiger partial charge >= 0.3 is 5.97 Å². The summed E-state index contributed by atoms with van der Waals surface area (Å²) in [6.07, 6.45) is 4.96. The summed E-state index contributed by atoms with van der Waals surface area (Å²) in [5.74, 6) is -0.901. The summed E-state index contributed by atoms with van der Waals surface area (Å²) in [5, 5.41) is 10.4. The van der Waals surface area contributed by atoms with E-state index in [1.54, 1.807) is 0 Å². The van der Waals surface area contributed by atoms with E-state index in [0.717, 1.165) is 54.0 Å². The van der Waals surface area contributed by atoms with Crippen molar-refractivity contribution in [3.8, 4) is 0 Å². The maximum atomic E-state index is 11.5. The monoisotopic (exact) mass is 302 g/mol. The molecule has 0 fully saturated rings. The number of aliphatic carboxylic acids is 1. The highest BCUT2D eigenvalue weighted by atomic mass is 28.1. The van der Waals surface area contributed by atoms with E-state index in [2.05, 4.69) is 20.8 Å². The number of hydrogen-bond donors (Lipinski definition) is 1. The maximum Gasteiger partial charge on any atom is 0.336 e. The van der Waals surface area contributed by atoms with Gasteiger partial charge in [0, 0.05) is 10.2 Å². The van der Waals surface area contributed by atoms with Crippen LogP contribution in [0.4, 0.5) is 0 Å². The summed E-state index contributed by atoms with van der Waals surface area (Å²) in [5.41, 5.74) is 0.339. The molecule has 0 bridgehead atoms. The summed E-state index contributed by atoms with van der Waals surface area (Å²) in [7, 11) is 0.736. The number of ether oxygens (including phenoxy) is 2. The molecule has 0 aliphatic rings. The molecule has 0 saturated carbocycles. The first kappa shape index (κ1) is 19.3. The molecule has 0 saturated heterocycles. The normalized spacial score (nSPS) is 12.8. The van der Waals surface area contributed by atoms with Gasteiger partial charge in [-0.25, -0.2) is 4.79 Å². The molecule has 0 atom stereocenters. The molecule has 118 valence electrons. The molecule has 4 nitrogen and oxygen atoms in total. The van der Waals surface area contributed by atoms with Crippen LogP contribution in [0.1, 0.15) is 59.3 Å². The van der Waals surface area contributed by atoms with Gasteiger partial charge in [0.2, 0.25) is 0 Å². The summed E-state index contributed by atoms with van der Waals surface area (Å²) in [6, 6.07) is 0. The van der Waals surface area contributed by atoms with Crippen molar-refractivity contribution in [3.05, 3.63) is 10.8 Å². The molecule has 0 amide bonds. The van der Waals surface area contributed by atoms with Crippen LogP contribution in [0, 0.1) is 0 Å². The molecule has 20 heavy (non-hydrogen) atoms. The zero-order chi connectivity index (χ0) is 15.4. The standard InChI is InChI=1S/C15H30O4Si/c1-4-7-10-18-15(19-11-8-5-2)13(14(16)17)12(20)9-6-3/h15H,4-11H2,1-3,20H3,(H,16,17)/b13-12+. The van der Waals surface area contributed by atoms with Crippen LogP contribution in [-0.4, -0.2) is 40.8 Å². The second-order valence-corrected chi connectivity index (χ2v) is 6.24. The van der Waals surface area contributed by atoms with E-state index in [9.17, 15) is 9.90 Å². The smallest absolute Gasteiger partial charge is 0.336 e. The van der Waals surface area contributed by atoms with E-state index in [0.29, 0.717) is 18.8 Å². The van der Waals surface area contributed by atoms with Crippen molar-refractivity contribution in [2.24, 2.45) is 0 Å². The molecule has 0 heterocycles. The zero-order valence-electron chi connectivity index (χ0n) is 13.4. The lowest BCUT2D eigenvalue weighted by molar-refractivity contribution is -0.148. The second-order valence-electron chi connectivity index (χ2n) is 5.03. The highest BCUT2D eigenvalue weighted by Crippen LogP contribution is 2.17. The van der Waals surface area contributed by atoms with E-state index < -0.39 is 12.3 Å². The SMILES string of the molecule is CCCCOC(OCCCC)/C(C(=O)O)=C(/[SiH3])CCC. The van der Waals surface area contributed by atoms with Gasteiger partial charge in [-0.1, -0.05) is 45.2 Å². The van der Waals surface area contributed by atoms with Crippen molar-refractivity contribution in [3.63, 3.8) is 0 Å². The highest BCUT2D eigenvalue weighted by molar-refractivity contribution is 6.24. The van der Waals surface area contributed by atoms with Crippen molar-refractivity contribution >= 4 is 16.2 Å². The lowest BCUT2D eigenvalue weighted by Gasteiger charge is -2.21. The maximum absolute atomic E-state index is 11.5. The molecule has 0 aromatic heterocycles. The van der Waals surface area contributed by atoms with Crippen LogP contribution in [-0.2, 0) is 14.3 Å². The first-order valence-corrected chi connectivity index (χ1v) is 8.74. The van der Waals surface area contributed by atoms with Gasteiger partial charge in [0.25, 0.3) is 0 Å². The lowest BCUT2D eigenvalue weighted by Crippen LogP contribution is -2.27. The lowest BCUT2D eigenvalue weighted by atomic mass is 10.1. The van der Waals surface area contributed by atoms with Gasteiger partial charge in [0.05, 0.1) is 18.8 Å². The Balaban J connectivity index is 4.89. The van der Waals surface area contributed by atoms with E-state index in [-0.39, 0.29) is 0 Å². The molecule has 0 aliphatic carbocycles. The summed E-state index contributed by atoms with van der Waals surface area (Å²) in [6.45, 7) is 7.32. The Labute approximate surface area is 126 Å². The predicted molar refractivity (Wildman–Crippen MR) is 85.0 cm³/mol. The van der Waals surface area contributed by atoms with Gasteiger partial charge in [-0.3, -0.25) is 0 Å². The molecule has 1 N–H and O–H groups in total. The van der Waals surface area contributed by atoms with Crippen molar-refractivity contribution in [2.75, 3.05) is 13.2 Å². The van der Waals surface area contributed by atoms with Gasteiger partial charge in [-0.2, -0.15) is 0 Å². The fraction of sp³-hybridized carbons (Fsp3) is 0.800. The Morgan fingerprint density at radius 3 is 1.90 bits per heavy atom. The number of carbonyl (C=O) groups is 1. The van der Waals surface area contributed by atoms with Crippen LogP contribution in [0.5, 0.6) is 0 Å². The number of allylic oxidation sites excluding steroid dienone is 1. The minimum Gasteiger partial charge on any atom is -0.478 e. The fourth-order valence-electron chi connectivity index (χ4n) is 1.88. The van der Waals surface area contributed by atoms with Crippen LogP contribution in [0.2, 0.25) is 0 Å². The van der Waals surface area contributed by atoms with Gasteiger partial charge < -0.3 is 14.6 Å². The van der Waals surface area contributed by atoms with Crippen molar-refractivity contribution in [1.82, 2.24) is 0 Å². The van der Waals surface area contributed by atoms with Crippen molar-refractivity contribution in [2.45, 2.75) is 65.6 Å². The quantitative estimate of drug-likeness (QED) is 0.260. The minimum atomic E-state index is -0.901. The third-order valence-electron chi connectivity index (χ3n) is 3.09. The predicted octanol–water partition coefficient (Wildman–Crippen LogP) is 2.45. The molecular weight excluding hydrogens is 272 g/mol. The van der Waals surface area contributed by atoms with Gasteiger partial charge in [0.15, 0.2) is 6.29 Å². The highest BCUT2D eigenvalue weighted by Gasteiger charge is 2.24. The molecular formula is C15H30O4Si. The molecule has 0 spiro atoms. The van der Waals surface area contributed by atoms with E-state index >= 15 is 0 Å². The molecule has 0 unspecified atom stereocenters. The Morgan fingerprint density at radius 1 is 1.05 bits per heavy atom. The first-order chi connectivity index (χ1) is 9.58. The molecule has 0 rings (SSSR count). The van der Waals surface area contributed by atoms with Gasteiger partial charge in [-0.15, -0.1) is 0 Å². The van der Waals surface area contributed by atoms with E-state index in [1.807, 2.05) is 0 Å². The van der Waals surface area contributed by atoms with Crippen LogP contribution >= 0.6 is 0 Å². The first-order valence-electron chi connectivity index (χ1n) is 7.74. The van der Waals surface area contributed by atoms with E-state index in [1.165, 1.54) is 0 Å². The largest absolute Gasteiger partial charge is 0.478 e. The van der Waals surface area contributed by atoms with E-state index in [4.69, 9.17) is 9.47 Å². The van der Waals surface area contributed by atoms with Gasteiger partial charge in [0.1, 0.15) is 0 Å². The topological polar surface area (TPSA) is 55.8 Å². The number of carboxylic acid groups (broad SMARTS) is 1. The van der Waals surface area contributed by atoms with Crippen LogP contribution < -0.4 is 0 Å². The molecule has 0 aromatic rings. The molecule has 0 radical (unpaired) electrons. The second kappa shape index (κ2) is 12.1. The Morgan fingerprint density at radius 2 is 1.55 bits per heavy atom. The number of hydrogen-bond acceptors (Lipinski definition) is 3. The summed E-state index contributed by atoms with van der Waals surface area (Å²) >= 11 is 0. The zero-order valence-corrected chi connectivity index (χ0v) is 15.4. The summed E-state index contributed by atoms with van der Waals surface area (Å²) in [4.78, 5) is 11.5. The number of carboxylic acids is 1. The van der Waals surface area contributed by atoms with Crippen LogP contribution in [0.15, 0.2) is 10.8 Å². The Hall–Kier alpha value is -0.653. The third-order valence-corrected chi connectivity index (χ3v) is 4.12. The minimum absolute atomic E-state index is 0.339. The number of rotatable bonds is 12. The summed E-state index contributed by atoms with van der Waals surface area (Å²) < 4.78 is 11.4. The molecule has 0 aromatic carbocycles. The average molecular weight is 302 g/mol. The molecule has 0 aliphatic heterocycles. The Bertz CT molecular complexity index is 292. The van der Waals surface area contributed by atoms with Crippen LogP contribution in [0.25, 0.3) is 0 Å². The number of unbranched alkanes of at least 4 members (excludes halogenated alkanes) is 2. The van der Waals surface area contributed by atoms with Crippen LogP contribution in [0.3, 0.4) is 0 Å². The third kappa shape index (κ3) is 7.82. The fourth-order valence-corrected chi connectivity index (χ4v) is 2.83. The van der Waals surface area contributed by atoms with Crippen molar-refractivity contribution < 1.29 is 19.4 Å². The average Bonchev–Trinajstić information content (AvgIpc) is 2.39. The van der Waals surface area contributed by atoms with Crippen molar-refractivity contribution in [1.29, 1.82) is 0 Å². The Kier molecular flexibility index (Phi) is 11.7. The molecule has 5 heteroatoms. The van der Waals surface area contributed by atoms with Gasteiger partial charge in [-0.05, 0) is 19.3 Å².